The second-order valence-corrected chi connectivity index (χ2v) is 17.0. The average molecular weight is 557 g/mol. The highest BCUT2D eigenvalue weighted by Gasteiger charge is 2.60. The molecule has 1 N–H and O–H groups in total. The Balaban J connectivity index is 0.000000176. The van der Waals surface area contributed by atoms with Crippen molar-refractivity contribution >= 4 is 6.29 Å². The molecule has 0 saturated heterocycles. The van der Waals surface area contributed by atoms with Gasteiger partial charge >= 0.3 is 0 Å². The molecule has 0 amide bonds. The van der Waals surface area contributed by atoms with Gasteiger partial charge in [-0.3, -0.25) is 0 Å². The number of unbranched alkanes of at least 4 members (excludes halogenated alkanes) is 5. The lowest BCUT2D eigenvalue weighted by molar-refractivity contribution is -0.161. The molecule has 2 nitrogen and oxygen atoms in total. The first-order chi connectivity index (χ1) is 18.6. The smallest absolute Gasteiger partial charge is 0.127 e. The van der Waals surface area contributed by atoms with Crippen LogP contribution in [0.15, 0.2) is 11.1 Å². The van der Waals surface area contributed by atoms with Crippen molar-refractivity contribution < 1.29 is 9.90 Å². The molecular formula is C38H68O2. The Morgan fingerprint density at radius 1 is 0.800 bits per heavy atom. The molecule has 0 heterocycles. The topological polar surface area (TPSA) is 37.3 Å². The number of aliphatic hydroxyl groups is 1. The minimum absolute atomic E-state index is 0.197. The number of aldehydes is 1. The third-order valence-corrected chi connectivity index (χ3v) is 13.0. The van der Waals surface area contributed by atoms with Crippen molar-refractivity contribution in [1.82, 2.24) is 0 Å². The predicted molar refractivity (Wildman–Crippen MR) is 172 cm³/mol. The number of carbonyl (C=O) groups excluding carboxylic acids is 1. The Morgan fingerprint density at radius 2 is 1.43 bits per heavy atom. The molecule has 0 aromatic carbocycles. The van der Waals surface area contributed by atoms with E-state index in [1.165, 1.54) is 95.3 Å². The van der Waals surface area contributed by atoms with Gasteiger partial charge in [-0.25, -0.2) is 0 Å². The first-order valence-electron chi connectivity index (χ1n) is 17.5. The summed E-state index contributed by atoms with van der Waals surface area (Å²) in [5, 5.41) is 11.0. The maximum atomic E-state index is 11.3. The lowest BCUT2D eigenvalue weighted by atomic mass is 9.49. The standard InChI is InChI=1S/C15H26O.C15H24O.C8H18/c1-13(2)9-12-11(13)5-8-14(3)6-4-7-15(12,16)10-14;1-10-14(2,3)12-8-6-7-11(9-16)13(12)15(10,4)5;1-3-5-7-8-6-4-2/h11-12,16H,4-10H2,1-3H3;9-11H,6-8H2,1-5H3;3-8H2,1-2H3. The summed E-state index contributed by atoms with van der Waals surface area (Å²) in [5.74, 6) is 2.23. The first kappa shape index (κ1) is 33.9. The van der Waals surface area contributed by atoms with E-state index in [2.05, 4.69) is 69.2 Å². The molecule has 232 valence electrons. The summed E-state index contributed by atoms with van der Waals surface area (Å²) in [6.07, 6.45) is 21.8. The van der Waals surface area contributed by atoms with Crippen LogP contribution >= 0.6 is 0 Å². The minimum atomic E-state index is -0.302. The van der Waals surface area contributed by atoms with Crippen LogP contribution in [0.25, 0.3) is 0 Å². The van der Waals surface area contributed by atoms with Gasteiger partial charge in [-0.05, 0) is 97.2 Å². The van der Waals surface area contributed by atoms with Crippen molar-refractivity contribution in [2.45, 2.75) is 178 Å². The third-order valence-electron chi connectivity index (χ3n) is 13.0. The molecule has 0 aromatic heterocycles. The van der Waals surface area contributed by atoms with Gasteiger partial charge in [-0.2, -0.15) is 0 Å². The predicted octanol–water partition coefficient (Wildman–Crippen LogP) is 11.1. The van der Waals surface area contributed by atoms with E-state index in [-0.39, 0.29) is 22.3 Å². The molecule has 40 heavy (non-hydrogen) atoms. The molecule has 6 unspecified atom stereocenters. The fourth-order valence-electron chi connectivity index (χ4n) is 10.1. The summed E-state index contributed by atoms with van der Waals surface area (Å²) in [6, 6.07) is 0. The molecule has 3 fully saturated rings. The van der Waals surface area contributed by atoms with Gasteiger partial charge in [0.1, 0.15) is 6.29 Å². The van der Waals surface area contributed by atoms with Crippen LogP contribution < -0.4 is 0 Å². The number of carbonyl (C=O) groups is 1. The van der Waals surface area contributed by atoms with Crippen molar-refractivity contribution in [3.8, 4) is 0 Å². The van der Waals surface area contributed by atoms with Gasteiger partial charge in [0, 0.05) is 5.92 Å². The summed E-state index contributed by atoms with van der Waals surface area (Å²) >= 11 is 0. The molecule has 0 aromatic rings. The molecule has 3 saturated carbocycles. The van der Waals surface area contributed by atoms with Crippen molar-refractivity contribution in [3.05, 3.63) is 11.1 Å². The molecule has 2 bridgehead atoms. The molecular weight excluding hydrogens is 488 g/mol. The average Bonchev–Trinajstić information content (AvgIpc) is 2.98. The number of rotatable bonds is 6. The Morgan fingerprint density at radius 3 is 1.98 bits per heavy atom. The Labute approximate surface area is 249 Å². The Hall–Kier alpha value is -0.630. The van der Waals surface area contributed by atoms with Gasteiger partial charge in [0.05, 0.1) is 5.60 Å². The molecule has 0 aliphatic heterocycles. The SMILES string of the molecule is CC12CCCC(O)(C1)C1CC(C)(C)C1CC2.CC1C(C)(C)C2=C(C(C=O)CCC2)C1(C)C.CCCCCCCC. The van der Waals surface area contributed by atoms with Crippen LogP contribution in [0.3, 0.4) is 0 Å². The summed E-state index contributed by atoms with van der Waals surface area (Å²) < 4.78 is 0. The zero-order valence-electron chi connectivity index (χ0n) is 28.6. The van der Waals surface area contributed by atoms with E-state index >= 15 is 0 Å². The first-order valence-corrected chi connectivity index (χ1v) is 17.5. The lowest BCUT2D eigenvalue weighted by Crippen LogP contribution is -2.56. The Kier molecular flexibility index (Phi) is 10.9. The number of allylic oxidation sites excluding steroid dienone is 2. The van der Waals surface area contributed by atoms with Crippen LogP contribution in [0.1, 0.15) is 172 Å². The van der Waals surface area contributed by atoms with E-state index in [1.807, 2.05) is 0 Å². The number of hydrogen-bond acceptors (Lipinski definition) is 2. The molecule has 5 rings (SSSR count). The van der Waals surface area contributed by atoms with Crippen LogP contribution in [0.2, 0.25) is 0 Å². The molecule has 5 aliphatic rings. The largest absolute Gasteiger partial charge is 0.390 e. The highest BCUT2D eigenvalue weighted by molar-refractivity contribution is 5.62. The summed E-state index contributed by atoms with van der Waals surface area (Å²) in [5.41, 5.74) is 4.18. The highest BCUT2D eigenvalue weighted by atomic mass is 16.3. The van der Waals surface area contributed by atoms with Crippen molar-refractivity contribution in [3.63, 3.8) is 0 Å². The van der Waals surface area contributed by atoms with Gasteiger partial charge in [-0.15, -0.1) is 0 Å². The third kappa shape index (κ3) is 6.78. The minimum Gasteiger partial charge on any atom is -0.390 e. The lowest BCUT2D eigenvalue weighted by Gasteiger charge is -2.58. The normalized spacial score (nSPS) is 38.3. The van der Waals surface area contributed by atoms with E-state index in [1.54, 1.807) is 5.57 Å². The molecule has 6 atom stereocenters. The van der Waals surface area contributed by atoms with E-state index in [9.17, 15) is 9.90 Å². The quantitative estimate of drug-likeness (QED) is 0.201. The molecule has 2 heteroatoms. The van der Waals surface area contributed by atoms with E-state index in [4.69, 9.17) is 0 Å². The van der Waals surface area contributed by atoms with E-state index in [0.717, 1.165) is 25.2 Å². The van der Waals surface area contributed by atoms with Gasteiger partial charge in [0.15, 0.2) is 0 Å². The monoisotopic (exact) mass is 557 g/mol. The van der Waals surface area contributed by atoms with Crippen molar-refractivity contribution in [2.75, 3.05) is 0 Å². The van der Waals surface area contributed by atoms with Gasteiger partial charge < -0.3 is 9.90 Å². The fraction of sp³-hybridized carbons (Fsp3) is 0.921. The van der Waals surface area contributed by atoms with Crippen LogP contribution in [0, 0.1) is 45.3 Å². The second kappa shape index (κ2) is 12.9. The zero-order valence-corrected chi connectivity index (χ0v) is 28.6. The van der Waals surface area contributed by atoms with Gasteiger partial charge in [0.2, 0.25) is 0 Å². The van der Waals surface area contributed by atoms with E-state index in [0.29, 0.717) is 22.7 Å². The summed E-state index contributed by atoms with van der Waals surface area (Å²) in [4.78, 5) is 11.3. The van der Waals surface area contributed by atoms with Crippen LogP contribution in [0.4, 0.5) is 0 Å². The Bertz CT molecular complexity index is 872. The van der Waals surface area contributed by atoms with Gasteiger partial charge in [-0.1, -0.05) is 125 Å². The molecule has 0 spiro atoms. The molecule has 0 radical (unpaired) electrons. The van der Waals surface area contributed by atoms with Crippen molar-refractivity contribution in [1.29, 1.82) is 0 Å². The number of hydrogen-bond donors (Lipinski definition) is 1. The van der Waals surface area contributed by atoms with Gasteiger partial charge in [0.25, 0.3) is 0 Å². The highest BCUT2D eigenvalue weighted by Crippen LogP contribution is 2.65. The second-order valence-electron chi connectivity index (χ2n) is 17.0. The van der Waals surface area contributed by atoms with Crippen LogP contribution in [-0.2, 0) is 4.79 Å². The zero-order chi connectivity index (χ0) is 30.0. The summed E-state index contributed by atoms with van der Waals surface area (Å²) in [6.45, 7) is 23.4. The van der Waals surface area contributed by atoms with Crippen LogP contribution in [-0.4, -0.2) is 17.0 Å². The maximum Gasteiger partial charge on any atom is 0.127 e. The summed E-state index contributed by atoms with van der Waals surface area (Å²) in [7, 11) is 0. The van der Waals surface area contributed by atoms with E-state index < -0.39 is 0 Å². The van der Waals surface area contributed by atoms with Crippen molar-refractivity contribution in [2.24, 2.45) is 45.3 Å². The fourth-order valence-corrected chi connectivity index (χ4v) is 10.1. The molecule has 5 aliphatic carbocycles. The maximum absolute atomic E-state index is 11.3. The van der Waals surface area contributed by atoms with Crippen LogP contribution in [0.5, 0.6) is 0 Å². The number of fused-ring (bicyclic) bond motifs is 4.